The summed E-state index contributed by atoms with van der Waals surface area (Å²) in [6.45, 7) is 18.3. The highest BCUT2D eigenvalue weighted by molar-refractivity contribution is 5.86. The van der Waals surface area contributed by atoms with Gasteiger partial charge in [-0.25, -0.2) is 9.97 Å². The molecule has 1 aromatic heterocycles. The lowest BCUT2D eigenvalue weighted by molar-refractivity contribution is -0.295. The number of piperazine rings is 1. The summed E-state index contributed by atoms with van der Waals surface area (Å²) in [7, 11) is 7.79. The Kier molecular flexibility index (Phi) is 13.2. The molecule has 12 heteroatoms. The van der Waals surface area contributed by atoms with Crippen molar-refractivity contribution in [1.82, 2.24) is 24.7 Å². The Morgan fingerprint density at radius 3 is 2.45 bits per heavy atom. The van der Waals surface area contributed by atoms with Crippen molar-refractivity contribution in [3.63, 3.8) is 0 Å². The molecular formula is C35H62N6O6. The van der Waals surface area contributed by atoms with Crippen LogP contribution in [0.4, 0.5) is 5.82 Å². The number of carbonyl (C=O) groups is 1. The molecule has 4 rings (SSSR count). The maximum atomic E-state index is 14.3. The summed E-state index contributed by atoms with van der Waals surface area (Å²) in [6, 6.07) is 2.00. The number of methoxy groups -OCH3 is 1. The van der Waals surface area contributed by atoms with Gasteiger partial charge in [0.1, 0.15) is 24.0 Å². The van der Waals surface area contributed by atoms with E-state index < -0.39 is 35.4 Å². The van der Waals surface area contributed by atoms with Gasteiger partial charge in [0.2, 0.25) is 0 Å². The minimum absolute atomic E-state index is 0.0472. The SMILES string of the molecule is CO[C@]1(C)C[C@@H](C)CN(C)[C@H](CN2CCN(c3ccncn3)CC2)COCC(C)(C)C(=O)[C@H](C)[C@H]1O[C@@H]1O[C@H](C)C[C@H](N(C)C)[C@H]1O. The number of Topliss-reactive ketones (excluding diaryl/α,β-unsaturated/α-hetero) is 1. The number of ether oxygens (including phenoxy) is 4. The zero-order valence-electron chi connectivity index (χ0n) is 30.6. The average molecular weight is 663 g/mol. The highest BCUT2D eigenvalue weighted by Gasteiger charge is 2.49. The van der Waals surface area contributed by atoms with Gasteiger partial charge >= 0.3 is 0 Å². The van der Waals surface area contributed by atoms with Gasteiger partial charge in [-0.2, -0.15) is 0 Å². The molecule has 3 aliphatic heterocycles. The van der Waals surface area contributed by atoms with E-state index in [1.54, 1.807) is 19.6 Å². The molecule has 3 fully saturated rings. The first kappa shape index (κ1) is 38.0. The third-order valence-electron chi connectivity index (χ3n) is 10.6. The predicted molar refractivity (Wildman–Crippen MR) is 182 cm³/mol. The minimum atomic E-state index is -0.881. The van der Waals surface area contributed by atoms with Crippen LogP contribution < -0.4 is 4.90 Å². The first-order chi connectivity index (χ1) is 22.1. The van der Waals surface area contributed by atoms with Crippen LogP contribution in [0, 0.1) is 17.3 Å². The summed E-state index contributed by atoms with van der Waals surface area (Å²) in [5.74, 6) is 0.704. The van der Waals surface area contributed by atoms with E-state index in [-0.39, 0.29) is 29.9 Å². The number of hydrogen-bond acceptors (Lipinski definition) is 12. The maximum Gasteiger partial charge on any atom is 0.185 e. The fraction of sp³-hybridized carbons (Fsp3) is 0.857. The van der Waals surface area contributed by atoms with Crippen molar-refractivity contribution in [2.75, 3.05) is 85.6 Å². The molecule has 0 saturated carbocycles. The number of anilines is 1. The summed E-state index contributed by atoms with van der Waals surface area (Å²) in [4.78, 5) is 32.0. The Bertz CT molecular complexity index is 1120. The normalized spacial score (nSPS) is 37.3. The van der Waals surface area contributed by atoms with E-state index in [2.05, 4.69) is 38.6 Å². The topological polar surface area (TPSA) is 113 Å². The number of aliphatic hydroxyl groups excluding tert-OH is 1. The van der Waals surface area contributed by atoms with E-state index in [1.807, 2.05) is 59.7 Å². The molecule has 4 heterocycles. The van der Waals surface area contributed by atoms with Gasteiger partial charge in [0.05, 0.1) is 31.0 Å². The van der Waals surface area contributed by atoms with Gasteiger partial charge in [0.15, 0.2) is 6.29 Å². The van der Waals surface area contributed by atoms with Gasteiger partial charge in [-0.05, 0) is 59.8 Å². The molecule has 0 bridgehead atoms. The lowest BCUT2D eigenvalue weighted by Gasteiger charge is -2.47. The van der Waals surface area contributed by atoms with Crippen LogP contribution in [-0.2, 0) is 23.7 Å². The largest absolute Gasteiger partial charge is 0.386 e. The van der Waals surface area contributed by atoms with E-state index in [4.69, 9.17) is 18.9 Å². The lowest BCUT2D eigenvalue weighted by atomic mass is 9.74. The predicted octanol–water partition coefficient (Wildman–Crippen LogP) is 2.40. The molecule has 0 amide bonds. The van der Waals surface area contributed by atoms with Crippen LogP contribution in [0.1, 0.15) is 54.4 Å². The number of rotatable bonds is 7. The van der Waals surface area contributed by atoms with Crippen molar-refractivity contribution in [1.29, 1.82) is 0 Å². The van der Waals surface area contributed by atoms with Crippen molar-refractivity contribution in [3.8, 4) is 0 Å². The van der Waals surface area contributed by atoms with Crippen molar-refractivity contribution in [2.45, 2.75) is 96.7 Å². The Hall–Kier alpha value is -1.77. The molecule has 0 radical (unpaired) electrons. The summed E-state index contributed by atoms with van der Waals surface area (Å²) in [6.07, 6.45) is 2.26. The smallest absolute Gasteiger partial charge is 0.185 e. The zero-order valence-corrected chi connectivity index (χ0v) is 30.6. The molecule has 0 aliphatic carbocycles. The first-order valence-electron chi connectivity index (χ1n) is 17.4. The molecule has 12 nitrogen and oxygen atoms in total. The number of likely N-dealkylation sites (N-methyl/N-ethyl adjacent to an activating group) is 2. The quantitative estimate of drug-likeness (QED) is 0.463. The van der Waals surface area contributed by atoms with E-state index in [0.717, 1.165) is 45.1 Å². The Balaban J connectivity index is 1.53. The fourth-order valence-electron chi connectivity index (χ4n) is 7.83. The van der Waals surface area contributed by atoms with Crippen molar-refractivity contribution in [2.24, 2.45) is 17.3 Å². The summed E-state index contributed by atoms with van der Waals surface area (Å²) >= 11 is 0. The average Bonchev–Trinajstić information content (AvgIpc) is 3.03. The molecule has 0 spiro atoms. The number of hydrogen-bond donors (Lipinski definition) is 1. The van der Waals surface area contributed by atoms with E-state index >= 15 is 0 Å². The van der Waals surface area contributed by atoms with Crippen molar-refractivity contribution >= 4 is 11.6 Å². The molecule has 0 unspecified atom stereocenters. The monoisotopic (exact) mass is 662 g/mol. The van der Waals surface area contributed by atoms with Gasteiger partial charge in [-0.15, -0.1) is 0 Å². The number of aliphatic hydroxyl groups is 1. The molecular weight excluding hydrogens is 600 g/mol. The number of nitrogens with zero attached hydrogens (tertiary/aromatic N) is 6. The molecule has 3 aliphatic rings. The highest BCUT2D eigenvalue weighted by Crippen LogP contribution is 2.38. The van der Waals surface area contributed by atoms with Crippen molar-refractivity contribution in [3.05, 3.63) is 18.6 Å². The third kappa shape index (κ3) is 9.48. The summed E-state index contributed by atoms with van der Waals surface area (Å²) < 4.78 is 25.6. The number of ketones is 1. The van der Waals surface area contributed by atoms with Gasteiger partial charge in [0.25, 0.3) is 0 Å². The highest BCUT2D eigenvalue weighted by atomic mass is 16.7. The fourth-order valence-corrected chi connectivity index (χ4v) is 7.83. The maximum absolute atomic E-state index is 14.3. The molecule has 47 heavy (non-hydrogen) atoms. The van der Waals surface area contributed by atoms with Gasteiger partial charge in [-0.1, -0.05) is 27.7 Å². The zero-order chi connectivity index (χ0) is 34.5. The van der Waals surface area contributed by atoms with Crippen LogP contribution in [0.3, 0.4) is 0 Å². The third-order valence-corrected chi connectivity index (χ3v) is 10.6. The lowest BCUT2D eigenvalue weighted by Crippen LogP contribution is -2.59. The van der Waals surface area contributed by atoms with Crippen LogP contribution in [-0.4, -0.2) is 159 Å². The Morgan fingerprint density at radius 2 is 1.83 bits per heavy atom. The summed E-state index contributed by atoms with van der Waals surface area (Å²) in [5.41, 5.74) is -1.57. The first-order valence-corrected chi connectivity index (χ1v) is 17.4. The molecule has 9 atom stereocenters. The second-order valence-electron chi connectivity index (χ2n) is 15.5. The van der Waals surface area contributed by atoms with Crippen LogP contribution >= 0.6 is 0 Å². The van der Waals surface area contributed by atoms with Gasteiger partial charge < -0.3 is 33.9 Å². The van der Waals surface area contributed by atoms with Crippen molar-refractivity contribution < 1.29 is 28.8 Å². The molecule has 268 valence electrons. The van der Waals surface area contributed by atoms with Crippen LogP contribution in [0.25, 0.3) is 0 Å². The van der Waals surface area contributed by atoms with E-state index in [1.165, 1.54) is 0 Å². The Labute approximate surface area is 283 Å². The van der Waals surface area contributed by atoms with Gasteiger partial charge in [-0.3, -0.25) is 14.6 Å². The second-order valence-corrected chi connectivity index (χ2v) is 15.5. The van der Waals surface area contributed by atoms with Crippen LogP contribution in [0.5, 0.6) is 0 Å². The summed E-state index contributed by atoms with van der Waals surface area (Å²) in [5, 5.41) is 11.4. The van der Waals surface area contributed by atoms with E-state index in [0.29, 0.717) is 26.1 Å². The number of carbonyl (C=O) groups excluding carboxylic acids is 1. The molecule has 0 aromatic carbocycles. The van der Waals surface area contributed by atoms with Gasteiger partial charge in [0, 0.05) is 76.0 Å². The molecule has 1 aromatic rings. The second kappa shape index (κ2) is 16.3. The van der Waals surface area contributed by atoms with Crippen LogP contribution in [0.2, 0.25) is 0 Å². The molecule has 3 saturated heterocycles. The molecule has 1 N–H and O–H groups in total. The Morgan fingerprint density at radius 1 is 1.13 bits per heavy atom. The minimum Gasteiger partial charge on any atom is -0.386 e. The van der Waals surface area contributed by atoms with E-state index in [9.17, 15) is 9.90 Å². The standard InChI is InChI=1S/C35H62N6O6/c1-24-18-35(6,44-10)32(47-33-30(42)28(38(7)8)17-25(2)46-33)26(3)31(43)34(4,5)22-45-21-27(39(9)19-24)20-40-13-15-41(16-14-40)29-11-12-36-23-37-29/h11-12,23-28,30,32-33,42H,13-22H2,1-10H3/t24-,25-,26+,27-,28+,30-,32-,33+,35-/m1/s1. The van der Waals surface area contributed by atoms with Crippen LogP contribution in [0.15, 0.2) is 18.6 Å². The number of aromatic nitrogens is 2.